The minimum atomic E-state index is -1.13. The normalized spacial score (nSPS) is 17.3. The van der Waals surface area contributed by atoms with Crippen LogP contribution in [-0.4, -0.2) is 27.7 Å². The van der Waals surface area contributed by atoms with E-state index in [-0.39, 0.29) is 11.3 Å². The molecule has 5 heteroatoms. The van der Waals surface area contributed by atoms with Crippen LogP contribution in [0, 0.1) is 26.2 Å². The van der Waals surface area contributed by atoms with Crippen LogP contribution in [-0.2, 0) is 14.3 Å². The standard InChI is InChI=1S/C20H27NO4/c1-11-9-12(2)14(13(3)10-11)15-16(25-18(23)19(4,5)6)20(7,8)21(24)17(15)22/h9-10,24H,1-8H3. The molecule has 0 aromatic heterocycles. The van der Waals surface area contributed by atoms with E-state index in [4.69, 9.17) is 4.74 Å². The van der Waals surface area contributed by atoms with Crippen molar-refractivity contribution < 1.29 is 19.5 Å². The SMILES string of the molecule is Cc1cc(C)c(C2=C(OC(=O)C(C)(C)C)C(C)(C)N(O)C2=O)c(C)c1. The zero-order chi connectivity index (χ0) is 19.3. The quantitative estimate of drug-likeness (QED) is 0.651. The number of carbonyl (C=O) groups excluding carboxylic acids is 2. The molecule has 136 valence electrons. The molecule has 25 heavy (non-hydrogen) atoms. The molecule has 1 N–H and O–H groups in total. The highest BCUT2D eigenvalue weighted by molar-refractivity contribution is 6.23. The third-order valence-electron chi connectivity index (χ3n) is 4.45. The summed E-state index contributed by atoms with van der Waals surface area (Å²) in [6.45, 7) is 14.4. The van der Waals surface area contributed by atoms with Crippen molar-refractivity contribution in [2.24, 2.45) is 5.41 Å². The van der Waals surface area contributed by atoms with Gasteiger partial charge in [0, 0.05) is 0 Å². The monoisotopic (exact) mass is 345 g/mol. The highest BCUT2D eigenvalue weighted by Crippen LogP contribution is 2.42. The first-order chi connectivity index (χ1) is 11.3. The van der Waals surface area contributed by atoms with Gasteiger partial charge in [-0.1, -0.05) is 17.7 Å². The minimum Gasteiger partial charge on any atom is -0.427 e. The van der Waals surface area contributed by atoms with Crippen molar-refractivity contribution in [3.05, 3.63) is 40.1 Å². The third kappa shape index (κ3) is 3.21. The number of hydrogen-bond acceptors (Lipinski definition) is 4. The van der Waals surface area contributed by atoms with Crippen LogP contribution in [0.25, 0.3) is 5.57 Å². The van der Waals surface area contributed by atoms with Crippen molar-refractivity contribution >= 4 is 17.4 Å². The van der Waals surface area contributed by atoms with Gasteiger partial charge in [0.15, 0.2) is 0 Å². The van der Waals surface area contributed by atoms with Crippen LogP contribution < -0.4 is 0 Å². The Morgan fingerprint density at radius 2 is 1.60 bits per heavy atom. The Hall–Kier alpha value is -2.14. The van der Waals surface area contributed by atoms with Crippen molar-refractivity contribution in [1.29, 1.82) is 0 Å². The molecule has 0 fully saturated rings. The van der Waals surface area contributed by atoms with Crippen LogP contribution in [0.2, 0.25) is 0 Å². The first-order valence-electron chi connectivity index (χ1n) is 8.37. The summed E-state index contributed by atoms with van der Waals surface area (Å²) in [5.74, 6) is -0.815. The molecule has 0 radical (unpaired) electrons. The third-order valence-corrected chi connectivity index (χ3v) is 4.45. The maximum Gasteiger partial charge on any atom is 0.316 e. The summed E-state index contributed by atoms with van der Waals surface area (Å²) in [6, 6.07) is 3.94. The predicted octanol–water partition coefficient (Wildman–Crippen LogP) is 3.92. The maximum atomic E-state index is 12.8. The summed E-state index contributed by atoms with van der Waals surface area (Å²) in [5.41, 5.74) is 1.98. The molecule has 1 aliphatic heterocycles. The van der Waals surface area contributed by atoms with Gasteiger partial charge in [0.05, 0.1) is 11.0 Å². The Bertz CT molecular complexity index is 758. The predicted molar refractivity (Wildman–Crippen MR) is 95.8 cm³/mol. The number of hydroxylamine groups is 2. The smallest absolute Gasteiger partial charge is 0.316 e. The van der Waals surface area contributed by atoms with E-state index in [0.29, 0.717) is 10.6 Å². The van der Waals surface area contributed by atoms with Gasteiger partial charge in [0.2, 0.25) is 0 Å². The summed E-state index contributed by atoms with van der Waals surface area (Å²) in [5, 5.41) is 11.0. The number of esters is 1. The molecule has 5 nitrogen and oxygen atoms in total. The molecule has 0 saturated heterocycles. The molecule has 0 saturated carbocycles. The van der Waals surface area contributed by atoms with Crippen molar-refractivity contribution in [2.75, 3.05) is 0 Å². The number of ether oxygens (including phenoxy) is 1. The number of benzene rings is 1. The fourth-order valence-electron chi connectivity index (χ4n) is 3.08. The second kappa shape index (κ2) is 5.99. The van der Waals surface area contributed by atoms with Crippen LogP contribution in [0.4, 0.5) is 0 Å². The van der Waals surface area contributed by atoms with Gasteiger partial charge >= 0.3 is 5.97 Å². The van der Waals surface area contributed by atoms with E-state index in [1.54, 1.807) is 34.6 Å². The number of hydrogen-bond donors (Lipinski definition) is 1. The average Bonchev–Trinajstić information content (AvgIpc) is 2.60. The first kappa shape index (κ1) is 19.2. The number of aryl methyl sites for hydroxylation is 3. The Balaban J connectivity index is 2.74. The molecule has 0 atom stereocenters. The number of carbonyl (C=O) groups is 2. The molecule has 0 spiro atoms. The van der Waals surface area contributed by atoms with Crippen LogP contribution >= 0.6 is 0 Å². The van der Waals surface area contributed by atoms with Gasteiger partial charge in [-0.15, -0.1) is 0 Å². The lowest BCUT2D eigenvalue weighted by molar-refractivity contribution is -0.178. The van der Waals surface area contributed by atoms with Crippen LogP contribution in [0.5, 0.6) is 0 Å². The molecular formula is C20H27NO4. The van der Waals surface area contributed by atoms with Crippen molar-refractivity contribution in [2.45, 2.75) is 60.9 Å². The van der Waals surface area contributed by atoms with Gasteiger partial charge < -0.3 is 4.74 Å². The van der Waals surface area contributed by atoms with E-state index in [1.807, 2.05) is 32.9 Å². The second-order valence-corrected chi connectivity index (χ2v) is 8.29. The average molecular weight is 345 g/mol. The summed E-state index contributed by atoms with van der Waals surface area (Å²) >= 11 is 0. The fourth-order valence-corrected chi connectivity index (χ4v) is 3.08. The Morgan fingerprint density at radius 1 is 1.12 bits per heavy atom. The Kier molecular flexibility index (Phi) is 4.60. The zero-order valence-electron chi connectivity index (χ0n) is 16.3. The molecule has 1 aliphatic rings. The van der Waals surface area contributed by atoms with Crippen molar-refractivity contribution in [1.82, 2.24) is 5.06 Å². The molecule has 0 aliphatic carbocycles. The lowest BCUT2D eigenvalue weighted by Crippen LogP contribution is -2.42. The van der Waals surface area contributed by atoms with Gasteiger partial charge in [0.25, 0.3) is 5.91 Å². The summed E-state index contributed by atoms with van der Waals surface area (Å²) < 4.78 is 5.66. The summed E-state index contributed by atoms with van der Waals surface area (Å²) in [4.78, 5) is 25.2. The Morgan fingerprint density at radius 3 is 2.04 bits per heavy atom. The van der Waals surface area contributed by atoms with E-state index in [2.05, 4.69) is 0 Å². The number of amides is 1. The summed E-state index contributed by atoms with van der Waals surface area (Å²) in [7, 11) is 0. The summed E-state index contributed by atoms with van der Waals surface area (Å²) in [6.07, 6.45) is 0. The molecule has 1 amide bonds. The zero-order valence-corrected chi connectivity index (χ0v) is 16.3. The van der Waals surface area contributed by atoms with Crippen molar-refractivity contribution in [3.63, 3.8) is 0 Å². The van der Waals surface area contributed by atoms with Gasteiger partial charge in [-0.3, -0.25) is 14.8 Å². The lowest BCUT2D eigenvalue weighted by atomic mass is 9.91. The molecule has 1 heterocycles. The molecule has 2 rings (SSSR count). The fraction of sp³-hybridized carbons (Fsp3) is 0.500. The number of nitrogens with zero attached hydrogens (tertiary/aromatic N) is 1. The molecule has 1 aromatic carbocycles. The van der Waals surface area contributed by atoms with Gasteiger partial charge in [-0.05, 0) is 72.1 Å². The molecule has 0 bridgehead atoms. The van der Waals surface area contributed by atoms with E-state index in [9.17, 15) is 14.8 Å². The van der Waals surface area contributed by atoms with Gasteiger partial charge in [-0.25, -0.2) is 5.06 Å². The maximum absolute atomic E-state index is 12.8. The number of rotatable bonds is 2. The molecule has 1 aromatic rings. The topological polar surface area (TPSA) is 66.8 Å². The van der Waals surface area contributed by atoms with Crippen molar-refractivity contribution in [3.8, 4) is 0 Å². The van der Waals surface area contributed by atoms with Crippen LogP contribution in [0.15, 0.2) is 17.9 Å². The van der Waals surface area contributed by atoms with E-state index < -0.39 is 22.8 Å². The Labute approximate surface area is 149 Å². The van der Waals surface area contributed by atoms with Crippen LogP contribution in [0.3, 0.4) is 0 Å². The molecular weight excluding hydrogens is 318 g/mol. The molecule has 0 unspecified atom stereocenters. The second-order valence-electron chi connectivity index (χ2n) is 8.29. The highest BCUT2D eigenvalue weighted by Gasteiger charge is 2.49. The minimum absolute atomic E-state index is 0.190. The largest absolute Gasteiger partial charge is 0.427 e. The lowest BCUT2D eigenvalue weighted by Gasteiger charge is -2.29. The van der Waals surface area contributed by atoms with Crippen LogP contribution in [0.1, 0.15) is 56.9 Å². The van der Waals surface area contributed by atoms with E-state index in [1.165, 1.54) is 0 Å². The highest BCUT2D eigenvalue weighted by atomic mass is 16.6. The first-order valence-corrected chi connectivity index (χ1v) is 8.37. The van der Waals surface area contributed by atoms with Gasteiger partial charge in [-0.2, -0.15) is 0 Å². The van der Waals surface area contributed by atoms with E-state index >= 15 is 0 Å². The van der Waals surface area contributed by atoms with E-state index in [0.717, 1.165) is 16.7 Å². The van der Waals surface area contributed by atoms with Gasteiger partial charge in [0.1, 0.15) is 11.3 Å².